The lowest BCUT2D eigenvalue weighted by Crippen LogP contribution is -2.66. The number of carbonyl (C=O) groups excluding carboxylic acids is 8. The minimum atomic E-state index is -3.36. The second kappa shape index (κ2) is 43.2. The molecular formula is C86H96O40. The highest BCUT2D eigenvalue weighted by Crippen LogP contribution is 2.49. The Kier molecular flexibility index (Phi) is 32.7. The van der Waals surface area contributed by atoms with Crippen LogP contribution in [0, 0.1) is 0 Å². The largest absolute Gasteiger partial charge is 0.493 e. The van der Waals surface area contributed by atoms with Gasteiger partial charge in [0.15, 0.2) is 111 Å². The van der Waals surface area contributed by atoms with Crippen molar-refractivity contribution in [3.8, 4) is 121 Å². The van der Waals surface area contributed by atoms with Gasteiger partial charge in [0.2, 0.25) is 52.3 Å². The summed E-state index contributed by atoms with van der Waals surface area (Å²) in [7, 11) is 26.5. The van der Waals surface area contributed by atoms with Gasteiger partial charge in [-0.15, -0.1) is 0 Å². The number of carbonyl (C=O) groups is 8. The van der Waals surface area contributed by atoms with E-state index in [2.05, 4.69) is 6.58 Å². The normalized spacial score (nSPS) is 17.8. The summed E-state index contributed by atoms with van der Waals surface area (Å²) in [5.41, 5.74) is -3.02. The summed E-state index contributed by atoms with van der Waals surface area (Å²) in [5, 5.41) is 0. The second-order valence-corrected chi connectivity index (χ2v) is 26.4. The van der Waals surface area contributed by atoms with Gasteiger partial charge in [0.25, 0.3) is 0 Å². The van der Waals surface area contributed by atoms with Crippen LogP contribution in [0.15, 0.2) is 97.1 Å². The predicted octanol–water partition coefficient (Wildman–Crippen LogP) is 8.96. The maximum absolute atomic E-state index is 16.1. The van der Waals surface area contributed by atoms with Gasteiger partial charge in [0.1, 0.15) is 32.0 Å². The summed E-state index contributed by atoms with van der Waals surface area (Å²) in [4.78, 5) is 124. The average Bonchev–Trinajstić information content (AvgIpc) is 1.04. The van der Waals surface area contributed by atoms with Crippen molar-refractivity contribution in [1.82, 2.24) is 0 Å². The molecule has 40 nitrogen and oxygen atoms in total. The molecule has 2 saturated heterocycles. The minimum Gasteiger partial charge on any atom is -0.493 e. The topological polar surface area (TPSA) is 432 Å². The van der Waals surface area contributed by atoms with Gasteiger partial charge in [-0.1, -0.05) is 6.58 Å². The van der Waals surface area contributed by atoms with Crippen LogP contribution in [0.1, 0.15) is 79.4 Å². The van der Waals surface area contributed by atoms with Crippen molar-refractivity contribution in [2.24, 2.45) is 0 Å². The third-order valence-electron chi connectivity index (χ3n) is 19.4. The van der Waals surface area contributed by atoms with E-state index in [0.717, 1.165) is 36.4 Å². The van der Waals surface area contributed by atoms with Crippen LogP contribution in [0.25, 0.3) is 0 Å². The lowest BCUT2D eigenvalue weighted by molar-refractivity contribution is -0.380. The van der Waals surface area contributed by atoms with E-state index in [1.54, 1.807) is 0 Å². The van der Waals surface area contributed by atoms with Crippen LogP contribution in [-0.2, 0) is 56.9 Å². The molecule has 2 aliphatic rings. The smallest absolute Gasteiger partial charge is 0.339 e. The van der Waals surface area contributed by atoms with E-state index in [1.807, 2.05) is 0 Å². The number of benzene rings is 7. The van der Waals surface area contributed by atoms with Gasteiger partial charge in [-0.25, -0.2) is 38.4 Å². The lowest BCUT2D eigenvalue weighted by Gasteiger charge is -2.46. The van der Waals surface area contributed by atoms with Gasteiger partial charge in [-0.05, 0) is 91.9 Å². The summed E-state index contributed by atoms with van der Waals surface area (Å²) in [6, 6.07) is 16.4. The van der Waals surface area contributed by atoms with Gasteiger partial charge >= 0.3 is 47.8 Å². The zero-order valence-corrected chi connectivity index (χ0v) is 72.9. The highest BCUT2D eigenvalue weighted by Gasteiger charge is 2.66. The van der Waals surface area contributed by atoms with Crippen LogP contribution < -0.4 is 99.5 Å². The summed E-state index contributed by atoms with van der Waals surface area (Å²) in [5.74, 6) is -15.7. The van der Waals surface area contributed by atoms with E-state index in [0.29, 0.717) is 0 Å². The molecule has 0 N–H and O–H groups in total. The third kappa shape index (κ3) is 20.5. The van der Waals surface area contributed by atoms with Crippen LogP contribution >= 0.6 is 0 Å². The summed E-state index contributed by atoms with van der Waals surface area (Å²) in [6.45, 7) is 1.26. The molecule has 9 atom stereocenters. The first-order valence-electron chi connectivity index (χ1n) is 37.4. The van der Waals surface area contributed by atoms with Crippen LogP contribution in [0.2, 0.25) is 0 Å². The summed E-state index contributed by atoms with van der Waals surface area (Å²) in [6.07, 6.45) is -19.5. The molecule has 680 valence electrons. The van der Waals surface area contributed by atoms with Gasteiger partial charge in [-0.3, -0.25) is 0 Å². The van der Waals surface area contributed by atoms with E-state index in [-0.39, 0.29) is 143 Å². The molecule has 2 heterocycles. The SMILES string of the molecule is C=C(C)C(=O)OC[C@H]1O[C@@](COC(=O)c2cc(OC)c(OC)c(OC)c2)(O[C@H]2O[C@H](COC(=O)c3cc(OC)c(OC)c(OC)c3)[C@@H](OC(=O)c3cc(OC)c(OC)c(OC)c3)[C@H](OC(=O)c3cc(OC)c(OC)c(OC)c3)[C@H]2OC(=O)c2cc(OC)c(OC)c(OC)c2)[C@@H](OC(=O)c2cc(OC)c(OC)c(OC)c2)[C@@H]1OC(=O)c1cc(OC)c(OC)c(OC)c1. The molecular weight excluding hydrogens is 1670 g/mol. The van der Waals surface area contributed by atoms with E-state index < -0.39 is 145 Å². The van der Waals surface area contributed by atoms with E-state index in [4.69, 9.17) is 152 Å². The molecule has 0 amide bonds. The van der Waals surface area contributed by atoms with E-state index >= 15 is 33.6 Å². The maximum Gasteiger partial charge on any atom is 0.339 e. The van der Waals surface area contributed by atoms with Gasteiger partial charge < -0.3 is 152 Å². The Hall–Kier alpha value is -14.3. The van der Waals surface area contributed by atoms with Gasteiger partial charge in [-0.2, -0.15) is 0 Å². The number of hydrogen-bond acceptors (Lipinski definition) is 40. The molecule has 0 aromatic heterocycles. The molecule has 9 rings (SSSR count). The summed E-state index contributed by atoms with van der Waals surface area (Å²) < 4.78 is 191. The Labute approximate surface area is 722 Å². The Morgan fingerprint density at radius 3 is 0.770 bits per heavy atom. The molecule has 126 heavy (non-hydrogen) atoms. The Morgan fingerprint density at radius 1 is 0.278 bits per heavy atom. The maximum atomic E-state index is 16.1. The van der Waals surface area contributed by atoms with Crippen LogP contribution in [0.4, 0.5) is 0 Å². The molecule has 2 fully saturated rings. The molecule has 40 heteroatoms. The molecule has 7 aromatic carbocycles. The lowest BCUT2D eigenvalue weighted by atomic mass is 9.97. The number of rotatable bonds is 42. The van der Waals surface area contributed by atoms with Crippen molar-refractivity contribution >= 4 is 47.8 Å². The summed E-state index contributed by atoms with van der Waals surface area (Å²) >= 11 is 0. The monoisotopic (exact) mass is 1770 g/mol. The second-order valence-electron chi connectivity index (χ2n) is 26.4. The van der Waals surface area contributed by atoms with Crippen molar-refractivity contribution < 1.29 is 190 Å². The molecule has 2 aliphatic heterocycles. The number of ether oxygens (including phenoxy) is 32. The fourth-order valence-electron chi connectivity index (χ4n) is 13.3. The molecule has 0 radical (unpaired) electrons. The zero-order valence-electron chi connectivity index (χ0n) is 72.9. The number of hydrogen-bond donors (Lipinski definition) is 0. The van der Waals surface area contributed by atoms with Crippen LogP contribution in [-0.4, -0.2) is 272 Å². The van der Waals surface area contributed by atoms with Crippen molar-refractivity contribution in [3.05, 3.63) is 136 Å². The Bertz CT molecular complexity index is 4960. The highest BCUT2D eigenvalue weighted by molar-refractivity contribution is 5.96. The fourth-order valence-corrected chi connectivity index (χ4v) is 13.3. The minimum absolute atomic E-state index is 0.00304. The number of esters is 8. The average molecular weight is 1770 g/mol. The molecule has 0 unspecified atom stereocenters. The first kappa shape index (κ1) is 95.6. The van der Waals surface area contributed by atoms with E-state index in [1.165, 1.54) is 205 Å². The Balaban J connectivity index is 1.43. The standard InChI is InChI=1S/C86H96O40/c1-41(2)77(87)116-39-64-73(121-81(91)45-30-55(101-9)68(112-20)56(31-45)102-10)76(124-84(94)48-36-61(107-15)71(115-23)62(37-48)108-16)86(125-64,40-118-79(89)43-26-51(97-5)66(110-18)52(27-43)98-6)126-85-75(123-83(93)47-34-59(105-13)70(114-22)60(35-47)106-14)74(122-82(92)46-32-57(103-11)69(113-21)58(33-46)104-12)72(120-80(90)44-28-53(99-7)67(111-19)54(29-44)100-8)63(119-85)38-117-78(88)42-24-49(95-3)65(109-17)50(25-42)96-4/h24-37,63-64,72-76,85H,1,38-40H2,2-23H3/t63-,64-,72-,73-,74+,75-,76+,85-,86+/m1/s1. The van der Waals surface area contributed by atoms with Crippen LogP contribution in [0.5, 0.6) is 121 Å². The van der Waals surface area contributed by atoms with Gasteiger partial charge in [0.05, 0.1) is 188 Å². The molecule has 0 spiro atoms. The quantitative estimate of drug-likeness (QED) is 0.0195. The predicted molar refractivity (Wildman–Crippen MR) is 432 cm³/mol. The third-order valence-corrected chi connectivity index (χ3v) is 19.4. The van der Waals surface area contributed by atoms with Crippen molar-refractivity contribution in [1.29, 1.82) is 0 Å². The first-order chi connectivity index (χ1) is 60.6. The van der Waals surface area contributed by atoms with Crippen molar-refractivity contribution in [2.45, 2.75) is 61.7 Å². The van der Waals surface area contributed by atoms with Crippen molar-refractivity contribution in [3.63, 3.8) is 0 Å². The van der Waals surface area contributed by atoms with E-state index in [9.17, 15) is 4.79 Å². The highest BCUT2D eigenvalue weighted by atomic mass is 16.8. The molecule has 0 bridgehead atoms. The number of methoxy groups -OCH3 is 21. The Morgan fingerprint density at radius 2 is 0.508 bits per heavy atom. The van der Waals surface area contributed by atoms with Crippen LogP contribution in [0.3, 0.4) is 0 Å². The fraction of sp³-hybridized carbons (Fsp3) is 0.395. The molecule has 7 aromatic rings. The molecule has 0 aliphatic carbocycles. The zero-order chi connectivity index (χ0) is 92.1. The first-order valence-corrected chi connectivity index (χ1v) is 37.4. The van der Waals surface area contributed by atoms with Crippen molar-refractivity contribution in [2.75, 3.05) is 169 Å². The molecule has 0 saturated carbocycles. The van der Waals surface area contributed by atoms with Gasteiger partial charge in [0, 0.05) is 5.57 Å².